The number of aromatic amines is 1. The van der Waals surface area contributed by atoms with E-state index in [2.05, 4.69) is 71.7 Å². The highest BCUT2D eigenvalue weighted by molar-refractivity contribution is 6.00. The number of halogens is 1. The molecule has 0 aliphatic carbocycles. The maximum atomic E-state index is 12.2. The number of aromatic nitrogens is 2. The number of benzene rings is 3. The van der Waals surface area contributed by atoms with Crippen LogP contribution in [0.1, 0.15) is 57.5 Å². The lowest BCUT2D eigenvalue weighted by Crippen LogP contribution is -2.18. The molecule has 0 saturated heterocycles. The van der Waals surface area contributed by atoms with Gasteiger partial charge in [-0.05, 0) is 83.9 Å². The predicted molar refractivity (Wildman–Crippen MR) is 160 cm³/mol. The van der Waals surface area contributed by atoms with E-state index in [1.165, 1.54) is 17.2 Å². The lowest BCUT2D eigenvalue weighted by molar-refractivity contribution is -0.123. The van der Waals surface area contributed by atoms with Crippen LogP contribution in [0.25, 0.3) is 22.0 Å². The van der Waals surface area contributed by atoms with Crippen molar-refractivity contribution in [3.05, 3.63) is 108 Å². The van der Waals surface area contributed by atoms with E-state index in [1.54, 1.807) is 0 Å². The van der Waals surface area contributed by atoms with Crippen molar-refractivity contribution >= 4 is 40.4 Å². The molecule has 0 unspecified atom stereocenters. The number of unbranched alkanes of at least 4 members (excludes halogenated alkanes) is 2. The molecular weight excluding hydrogens is 494 g/mol. The Morgan fingerprint density at radius 1 is 1.00 bits per heavy atom. The predicted octanol–water partition coefficient (Wildman–Crippen LogP) is 7.55. The Morgan fingerprint density at radius 2 is 1.76 bits per heavy atom. The third-order valence-electron chi connectivity index (χ3n) is 6.16. The van der Waals surface area contributed by atoms with Gasteiger partial charge in [0.25, 0.3) is 0 Å². The van der Waals surface area contributed by atoms with Crippen LogP contribution in [0.15, 0.2) is 91.1 Å². The zero-order valence-electron chi connectivity index (χ0n) is 27.3. The number of likely N-dealkylation sites (N-methyl/N-ethyl adjacent to an activating group) is 1. The SMILES string of the molecule is Cl.[2H]C([2H])([2H])N(C(=O)/C=C/CCCCOc1ccc(/C(=C(/CC)c2ccccc2)c2ccc3[nH]ncc3c2)cc1)C([2H])([2H])[2H]. The van der Waals surface area contributed by atoms with Gasteiger partial charge in [-0.15, -0.1) is 12.4 Å². The van der Waals surface area contributed by atoms with E-state index in [0.29, 0.717) is 25.9 Å². The number of rotatable bonds is 11. The number of H-pyrrole nitrogens is 1. The third-order valence-corrected chi connectivity index (χ3v) is 6.16. The molecule has 0 bridgehead atoms. The van der Waals surface area contributed by atoms with Gasteiger partial charge >= 0.3 is 0 Å². The van der Waals surface area contributed by atoms with Crippen LogP contribution >= 0.6 is 12.4 Å². The molecule has 4 aromatic rings. The summed E-state index contributed by atoms with van der Waals surface area (Å²) < 4.78 is 49.9. The number of carbonyl (C=O) groups is 1. The van der Waals surface area contributed by atoms with Crippen LogP contribution in [0.5, 0.6) is 5.75 Å². The Labute approximate surface area is 240 Å². The Hall–Kier alpha value is -3.83. The standard InChI is InChI=1S/C32H35N3O2.ClH/c1-4-29(24-12-8-7-9-13-24)32(26-17-20-30-27(22-26)23-33-34-30)25-15-18-28(19-16-25)37-21-11-6-5-10-14-31(36)35(2)3;/h7-10,12-20,22-23H,4-6,11,21H2,1-3H3,(H,33,34);1H/b14-10+,32-29+;/i2D3,3D3;. The number of allylic oxidation sites excluding steroid dienone is 2. The number of amides is 1. The summed E-state index contributed by atoms with van der Waals surface area (Å²) in [5.41, 5.74) is 6.74. The largest absolute Gasteiger partial charge is 0.494 e. The molecule has 0 radical (unpaired) electrons. The number of ether oxygens (including phenoxy) is 1. The topological polar surface area (TPSA) is 58.2 Å². The molecule has 0 atom stereocenters. The quantitative estimate of drug-likeness (QED) is 0.122. The van der Waals surface area contributed by atoms with Crippen LogP contribution in [0, 0.1) is 0 Å². The summed E-state index contributed by atoms with van der Waals surface area (Å²) >= 11 is 0. The third kappa shape index (κ3) is 7.36. The zero-order chi connectivity index (χ0) is 31.0. The maximum Gasteiger partial charge on any atom is 0.245 e. The molecule has 1 heterocycles. The average Bonchev–Trinajstić information content (AvgIpc) is 3.43. The van der Waals surface area contributed by atoms with Crippen molar-refractivity contribution in [3.8, 4) is 5.75 Å². The fourth-order valence-corrected chi connectivity index (χ4v) is 4.31. The molecule has 1 amide bonds. The first-order valence-electron chi connectivity index (χ1n) is 15.4. The number of hydrogen-bond donors (Lipinski definition) is 1. The zero-order valence-corrected chi connectivity index (χ0v) is 22.1. The van der Waals surface area contributed by atoms with Gasteiger partial charge in [0, 0.05) is 27.6 Å². The highest BCUT2D eigenvalue weighted by Gasteiger charge is 2.14. The first-order valence-corrected chi connectivity index (χ1v) is 12.4. The van der Waals surface area contributed by atoms with Crippen LogP contribution in [0.4, 0.5) is 0 Å². The van der Waals surface area contributed by atoms with Crippen molar-refractivity contribution in [1.29, 1.82) is 0 Å². The summed E-state index contributed by atoms with van der Waals surface area (Å²) in [6.07, 6.45) is 7.06. The van der Waals surface area contributed by atoms with E-state index >= 15 is 0 Å². The minimum absolute atomic E-state index is 0. The second kappa shape index (κ2) is 14.2. The molecular formula is C32H36ClN3O2. The van der Waals surface area contributed by atoms with Gasteiger partial charge in [-0.2, -0.15) is 5.10 Å². The molecule has 4 rings (SSSR count). The van der Waals surface area contributed by atoms with Gasteiger partial charge in [-0.1, -0.05) is 61.5 Å². The summed E-state index contributed by atoms with van der Waals surface area (Å²) in [6.45, 7) is -3.46. The monoisotopic (exact) mass is 535 g/mol. The molecule has 1 N–H and O–H groups in total. The molecule has 6 heteroatoms. The van der Waals surface area contributed by atoms with Crippen LogP contribution in [-0.2, 0) is 4.79 Å². The molecule has 0 aliphatic heterocycles. The molecule has 1 aromatic heterocycles. The summed E-state index contributed by atoms with van der Waals surface area (Å²) in [4.78, 5) is 12.1. The second-order valence-corrected chi connectivity index (χ2v) is 8.69. The van der Waals surface area contributed by atoms with Crippen molar-refractivity contribution in [2.75, 3.05) is 20.6 Å². The highest BCUT2D eigenvalue weighted by atomic mass is 35.5. The van der Waals surface area contributed by atoms with E-state index in [-0.39, 0.29) is 17.3 Å². The number of nitrogens with zero attached hydrogens (tertiary/aromatic N) is 2. The average molecular weight is 536 g/mol. The molecule has 5 nitrogen and oxygen atoms in total. The van der Waals surface area contributed by atoms with Crippen LogP contribution in [0.2, 0.25) is 0 Å². The molecule has 3 aromatic carbocycles. The normalized spacial score (nSPS) is 14.8. The first kappa shape index (κ1) is 21.1. The number of carbonyl (C=O) groups excluding carboxylic acids is 1. The summed E-state index contributed by atoms with van der Waals surface area (Å²) in [5, 5.41) is 8.24. The van der Waals surface area contributed by atoms with Crippen LogP contribution in [-0.4, -0.2) is 41.6 Å². The minimum Gasteiger partial charge on any atom is -0.494 e. The van der Waals surface area contributed by atoms with Gasteiger partial charge in [-0.25, -0.2) is 0 Å². The number of fused-ring (bicyclic) bond motifs is 1. The summed E-state index contributed by atoms with van der Waals surface area (Å²) in [5.74, 6) is -0.323. The van der Waals surface area contributed by atoms with E-state index in [1.807, 2.05) is 24.4 Å². The van der Waals surface area contributed by atoms with Gasteiger partial charge < -0.3 is 9.64 Å². The Bertz CT molecular complexity index is 1570. The minimum atomic E-state index is -3.04. The molecule has 38 heavy (non-hydrogen) atoms. The van der Waals surface area contributed by atoms with E-state index in [4.69, 9.17) is 13.0 Å². The van der Waals surface area contributed by atoms with Crippen molar-refractivity contribution in [2.24, 2.45) is 0 Å². The van der Waals surface area contributed by atoms with Gasteiger partial charge in [0.15, 0.2) is 0 Å². The van der Waals surface area contributed by atoms with Crippen LogP contribution in [0.3, 0.4) is 0 Å². The number of hydrogen-bond acceptors (Lipinski definition) is 3. The summed E-state index contributed by atoms with van der Waals surface area (Å²) in [7, 11) is 0. The molecule has 198 valence electrons. The summed E-state index contributed by atoms with van der Waals surface area (Å²) in [6, 6.07) is 24.8. The van der Waals surface area contributed by atoms with Crippen molar-refractivity contribution < 1.29 is 17.8 Å². The molecule has 0 fully saturated rings. The van der Waals surface area contributed by atoms with Crippen molar-refractivity contribution in [1.82, 2.24) is 15.1 Å². The smallest absolute Gasteiger partial charge is 0.245 e. The van der Waals surface area contributed by atoms with Gasteiger partial charge in [0.2, 0.25) is 5.91 Å². The van der Waals surface area contributed by atoms with E-state index < -0.39 is 19.9 Å². The fraction of sp³-hybridized carbons (Fsp3) is 0.250. The first-order chi connectivity index (χ1) is 20.5. The second-order valence-electron chi connectivity index (χ2n) is 8.69. The molecule has 0 aliphatic rings. The van der Waals surface area contributed by atoms with E-state index in [0.717, 1.165) is 45.8 Å². The lowest BCUT2D eigenvalue weighted by atomic mass is 9.88. The van der Waals surface area contributed by atoms with Gasteiger partial charge in [0.1, 0.15) is 5.75 Å². The van der Waals surface area contributed by atoms with Crippen LogP contribution < -0.4 is 4.74 Å². The van der Waals surface area contributed by atoms with Gasteiger partial charge in [-0.3, -0.25) is 9.89 Å². The van der Waals surface area contributed by atoms with Gasteiger partial charge in [0.05, 0.1) is 18.3 Å². The highest BCUT2D eigenvalue weighted by Crippen LogP contribution is 2.36. The Balaban J connectivity index is 0.00000529. The Morgan fingerprint density at radius 3 is 2.50 bits per heavy atom. The maximum absolute atomic E-state index is 12.2. The molecule has 0 spiro atoms. The Kier molecular flexibility index (Phi) is 7.90. The fourth-order valence-electron chi connectivity index (χ4n) is 4.31. The van der Waals surface area contributed by atoms with Crippen molar-refractivity contribution in [2.45, 2.75) is 32.6 Å². The van der Waals surface area contributed by atoms with Crippen molar-refractivity contribution in [3.63, 3.8) is 0 Å². The number of nitrogens with one attached hydrogen (secondary N) is 1. The van der Waals surface area contributed by atoms with E-state index in [9.17, 15) is 4.79 Å². The lowest BCUT2D eigenvalue weighted by Gasteiger charge is -2.17. The molecule has 0 saturated carbocycles.